The lowest BCUT2D eigenvalue weighted by atomic mass is 9.96. The van der Waals surface area contributed by atoms with Crippen molar-refractivity contribution in [3.8, 4) is 0 Å². The number of rotatable bonds is 2. The Hall–Kier alpha value is -1.50. The van der Waals surface area contributed by atoms with Crippen molar-refractivity contribution in [3.05, 3.63) is 60.9 Å². The zero-order valence-electron chi connectivity index (χ0n) is 13.9. The Kier molecular flexibility index (Phi) is 7.87. The van der Waals surface area contributed by atoms with Crippen LogP contribution in [0.4, 0.5) is 0 Å². The highest BCUT2D eigenvalue weighted by molar-refractivity contribution is 5.34. The summed E-state index contributed by atoms with van der Waals surface area (Å²) in [6.45, 7) is 4.86. The van der Waals surface area contributed by atoms with E-state index in [1.54, 1.807) is 0 Å². The van der Waals surface area contributed by atoms with Gasteiger partial charge in [-0.2, -0.15) is 0 Å². The first-order valence-electron chi connectivity index (χ1n) is 9.00. The molecule has 1 saturated carbocycles. The molecule has 0 radical (unpaired) electrons. The lowest BCUT2D eigenvalue weighted by molar-refractivity contribution is 0.254. The minimum atomic E-state index is 0.703. The van der Waals surface area contributed by atoms with Gasteiger partial charge in [0.1, 0.15) is 0 Å². The van der Waals surface area contributed by atoms with Crippen molar-refractivity contribution in [1.82, 2.24) is 4.90 Å². The molecule has 120 valence electrons. The number of hydrogen-bond acceptors (Lipinski definition) is 1. The molecule has 22 heavy (non-hydrogen) atoms. The van der Waals surface area contributed by atoms with Gasteiger partial charge in [0.25, 0.3) is 0 Å². The highest BCUT2D eigenvalue weighted by Crippen LogP contribution is 2.21. The molecule has 1 fully saturated rings. The second kappa shape index (κ2) is 10.3. The maximum Gasteiger partial charge on any atom is 0.0360 e. The highest BCUT2D eigenvalue weighted by atomic mass is 15.1. The molecule has 0 aromatic carbocycles. The molecule has 2 aliphatic rings. The number of hydrogen-bond donors (Lipinski definition) is 0. The quantitative estimate of drug-likeness (QED) is 0.610. The van der Waals surface area contributed by atoms with Crippen LogP contribution in [0.5, 0.6) is 0 Å². The fraction of sp³-hybridized carbons (Fsp3) is 0.524. The van der Waals surface area contributed by atoms with E-state index in [-0.39, 0.29) is 0 Å². The van der Waals surface area contributed by atoms with Crippen LogP contribution in [0.3, 0.4) is 0 Å². The molecule has 0 bridgehead atoms. The van der Waals surface area contributed by atoms with Crippen molar-refractivity contribution in [2.45, 2.75) is 63.8 Å². The molecular weight excluding hydrogens is 266 g/mol. The third-order valence-corrected chi connectivity index (χ3v) is 4.70. The monoisotopic (exact) mass is 297 g/mol. The predicted molar refractivity (Wildman–Crippen MR) is 97.7 cm³/mol. The van der Waals surface area contributed by atoms with E-state index >= 15 is 0 Å². The van der Waals surface area contributed by atoms with E-state index in [2.05, 4.69) is 54.1 Å². The molecule has 0 unspecified atom stereocenters. The average molecular weight is 297 g/mol. The van der Waals surface area contributed by atoms with Crippen molar-refractivity contribution >= 4 is 0 Å². The Morgan fingerprint density at radius 2 is 1.59 bits per heavy atom. The first kappa shape index (κ1) is 16.9. The van der Waals surface area contributed by atoms with Gasteiger partial charge in [-0.1, -0.05) is 88.0 Å². The van der Waals surface area contributed by atoms with Crippen molar-refractivity contribution in [1.29, 1.82) is 0 Å². The van der Waals surface area contributed by atoms with Crippen LogP contribution in [-0.2, 0) is 0 Å². The van der Waals surface area contributed by atoms with E-state index in [0.717, 1.165) is 12.1 Å². The van der Waals surface area contributed by atoms with Crippen LogP contribution in [0.1, 0.15) is 57.8 Å². The summed E-state index contributed by atoms with van der Waals surface area (Å²) in [7, 11) is 0. The van der Waals surface area contributed by atoms with Crippen LogP contribution in [0.2, 0.25) is 0 Å². The molecule has 0 saturated heterocycles. The number of nitrogens with zero attached hydrogens (tertiary/aromatic N) is 1. The standard InChI is InChI=1S/C21H31N/c1-2-20-14-10-12-18-22(19-13-11-15-20)21-16-8-6-4-3-5-7-9-17-21/h2,10-15,18,21H,1,3-9,16-17,19H2/b13-11-,14-10+,18-12-,20-15+. The van der Waals surface area contributed by atoms with Gasteiger partial charge in [-0.25, -0.2) is 0 Å². The topological polar surface area (TPSA) is 3.24 Å². The van der Waals surface area contributed by atoms with Crippen LogP contribution in [0, 0.1) is 0 Å². The van der Waals surface area contributed by atoms with Crippen molar-refractivity contribution in [2.75, 3.05) is 6.54 Å². The molecule has 0 aromatic rings. The molecule has 0 amide bonds. The first-order chi connectivity index (χ1) is 10.9. The SMILES string of the molecule is C=CC1=C\C=C/CN(C2CCCCCCCCC2)/C=C\C=C\1. The van der Waals surface area contributed by atoms with E-state index in [4.69, 9.17) is 0 Å². The van der Waals surface area contributed by atoms with E-state index in [1.165, 1.54) is 57.8 Å². The van der Waals surface area contributed by atoms with Crippen molar-refractivity contribution in [3.63, 3.8) is 0 Å². The second-order valence-corrected chi connectivity index (χ2v) is 6.40. The van der Waals surface area contributed by atoms with E-state index in [0.29, 0.717) is 6.04 Å². The van der Waals surface area contributed by atoms with Gasteiger partial charge in [0.15, 0.2) is 0 Å². The third kappa shape index (κ3) is 6.09. The first-order valence-corrected chi connectivity index (χ1v) is 9.00. The molecule has 1 aliphatic heterocycles. The minimum absolute atomic E-state index is 0.703. The van der Waals surface area contributed by atoms with E-state index in [1.807, 2.05) is 6.08 Å². The van der Waals surface area contributed by atoms with Gasteiger partial charge in [0.2, 0.25) is 0 Å². The van der Waals surface area contributed by atoms with Gasteiger partial charge >= 0.3 is 0 Å². The summed E-state index contributed by atoms with van der Waals surface area (Å²) in [5, 5.41) is 0. The largest absolute Gasteiger partial charge is 0.371 e. The molecule has 0 spiro atoms. The summed E-state index contributed by atoms with van der Waals surface area (Å²) >= 11 is 0. The Morgan fingerprint density at radius 3 is 2.27 bits per heavy atom. The summed E-state index contributed by atoms with van der Waals surface area (Å²) in [6, 6.07) is 0.703. The van der Waals surface area contributed by atoms with Crippen LogP contribution in [0.25, 0.3) is 0 Å². The van der Waals surface area contributed by atoms with Crippen LogP contribution >= 0.6 is 0 Å². The fourth-order valence-electron chi connectivity index (χ4n) is 3.33. The maximum absolute atomic E-state index is 3.85. The van der Waals surface area contributed by atoms with Gasteiger partial charge in [0.05, 0.1) is 0 Å². The Bertz CT molecular complexity index is 429. The molecule has 0 N–H and O–H groups in total. The molecule has 1 nitrogen and oxygen atoms in total. The zero-order valence-corrected chi connectivity index (χ0v) is 13.9. The van der Waals surface area contributed by atoms with E-state index < -0.39 is 0 Å². The molecule has 2 rings (SSSR count). The number of allylic oxidation sites excluding steroid dienone is 7. The van der Waals surface area contributed by atoms with Gasteiger partial charge < -0.3 is 4.90 Å². The Morgan fingerprint density at radius 1 is 0.909 bits per heavy atom. The van der Waals surface area contributed by atoms with Gasteiger partial charge in [0, 0.05) is 12.6 Å². The maximum atomic E-state index is 3.85. The van der Waals surface area contributed by atoms with Crippen LogP contribution in [-0.4, -0.2) is 17.5 Å². The highest BCUT2D eigenvalue weighted by Gasteiger charge is 2.14. The average Bonchev–Trinajstić information content (AvgIpc) is 2.57. The van der Waals surface area contributed by atoms with Gasteiger partial charge in [-0.15, -0.1) is 0 Å². The lowest BCUT2D eigenvalue weighted by Crippen LogP contribution is -2.31. The van der Waals surface area contributed by atoms with E-state index in [9.17, 15) is 0 Å². The molecule has 0 atom stereocenters. The third-order valence-electron chi connectivity index (χ3n) is 4.70. The molecule has 1 heteroatoms. The van der Waals surface area contributed by atoms with Crippen LogP contribution in [0.15, 0.2) is 60.9 Å². The molecule has 1 heterocycles. The molecule has 0 aromatic heterocycles. The fourth-order valence-corrected chi connectivity index (χ4v) is 3.33. The smallest absolute Gasteiger partial charge is 0.0360 e. The van der Waals surface area contributed by atoms with Crippen molar-refractivity contribution < 1.29 is 0 Å². The summed E-state index contributed by atoms with van der Waals surface area (Å²) in [5.74, 6) is 0. The summed E-state index contributed by atoms with van der Waals surface area (Å²) in [5.41, 5.74) is 1.16. The zero-order chi connectivity index (χ0) is 15.5. The Labute approximate surface area is 136 Å². The predicted octanol–water partition coefficient (Wildman–Crippen LogP) is 5.93. The van der Waals surface area contributed by atoms with Crippen molar-refractivity contribution in [2.24, 2.45) is 0 Å². The van der Waals surface area contributed by atoms with Gasteiger partial charge in [-0.3, -0.25) is 0 Å². The summed E-state index contributed by atoms with van der Waals surface area (Å²) in [4.78, 5) is 2.54. The normalized spacial score (nSPS) is 28.9. The summed E-state index contributed by atoms with van der Waals surface area (Å²) in [6.07, 6.45) is 29.7. The van der Waals surface area contributed by atoms with Crippen LogP contribution < -0.4 is 0 Å². The summed E-state index contributed by atoms with van der Waals surface area (Å²) < 4.78 is 0. The molecular formula is C21H31N. The van der Waals surface area contributed by atoms with Gasteiger partial charge in [-0.05, 0) is 30.7 Å². The Balaban J connectivity index is 2.00. The molecule has 1 aliphatic carbocycles. The minimum Gasteiger partial charge on any atom is -0.371 e. The second-order valence-electron chi connectivity index (χ2n) is 6.40. The lowest BCUT2D eigenvalue weighted by Gasteiger charge is -2.31.